The summed E-state index contributed by atoms with van der Waals surface area (Å²) in [7, 11) is 0. The number of carbonyl (C=O) groups is 1. The van der Waals surface area contributed by atoms with Gasteiger partial charge in [0.1, 0.15) is 17.4 Å². The van der Waals surface area contributed by atoms with Crippen LogP contribution in [0, 0.1) is 35.3 Å². The second-order valence-electron chi connectivity index (χ2n) is 7.94. The molecule has 4 rings (SSSR count). The zero-order valence-corrected chi connectivity index (χ0v) is 20.4. The van der Waals surface area contributed by atoms with Crippen molar-refractivity contribution in [1.29, 1.82) is 5.26 Å². The number of amides is 1. The van der Waals surface area contributed by atoms with E-state index in [0.717, 1.165) is 32.4 Å². The van der Waals surface area contributed by atoms with Crippen LogP contribution in [0.15, 0.2) is 92.8 Å². The third-order valence-electron chi connectivity index (χ3n) is 5.52. The normalized spacial score (nSPS) is 11.2. The fraction of sp³-hybridized carbons (Fsp3) is 0.111. The van der Waals surface area contributed by atoms with E-state index in [1.807, 2.05) is 50.2 Å². The molecule has 8 nitrogen and oxygen atoms in total. The number of aryl methyl sites for hydroxylation is 1. The maximum atomic E-state index is 12.5. The quantitative estimate of drug-likeness (QED) is 0.139. The van der Waals surface area contributed by atoms with Crippen LogP contribution in [0.3, 0.4) is 0 Å². The molecular weight excluding hydrogens is 476 g/mol. The van der Waals surface area contributed by atoms with Crippen molar-refractivity contribution >= 4 is 29.4 Å². The molecule has 2 heterocycles. The Balaban J connectivity index is 1.50. The van der Waals surface area contributed by atoms with E-state index >= 15 is 0 Å². The van der Waals surface area contributed by atoms with Crippen LogP contribution < -0.4 is 5.32 Å². The maximum absolute atomic E-state index is 12.5. The number of hydrogen-bond donors (Lipinski definition) is 1. The van der Waals surface area contributed by atoms with E-state index in [2.05, 4.69) is 9.88 Å². The number of aromatic nitrogens is 1. The smallest absolute Gasteiger partial charge is 0.269 e. The molecule has 1 amide bonds. The van der Waals surface area contributed by atoms with Crippen LogP contribution in [0.5, 0.6) is 0 Å². The van der Waals surface area contributed by atoms with E-state index in [4.69, 9.17) is 4.42 Å². The predicted octanol–water partition coefficient (Wildman–Crippen LogP) is 5.97. The maximum Gasteiger partial charge on any atom is 0.269 e. The fourth-order valence-electron chi connectivity index (χ4n) is 3.75. The SMILES string of the molecule is Cc1cc(/C=C(\C#N)C(=O)NCc2ccco2)c(C)n1-c1ccc(Sc2ccc([N+](=O)[O-])cc2)cc1. The van der Waals surface area contributed by atoms with Crippen molar-refractivity contribution in [2.75, 3.05) is 0 Å². The molecular formula is C27H22N4O4S. The topological polar surface area (TPSA) is 114 Å². The van der Waals surface area contributed by atoms with Crippen LogP contribution in [-0.4, -0.2) is 15.4 Å². The first-order chi connectivity index (χ1) is 17.4. The van der Waals surface area contributed by atoms with Gasteiger partial charge in [-0.1, -0.05) is 11.8 Å². The van der Waals surface area contributed by atoms with E-state index in [0.29, 0.717) is 5.76 Å². The average molecular weight is 499 g/mol. The molecule has 2 aromatic carbocycles. The lowest BCUT2D eigenvalue weighted by atomic mass is 10.1. The number of rotatable bonds is 8. The molecule has 180 valence electrons. The van der Waals surface area contributed by atoms with E-state index in [-0.39, 0.29) is 17.8 Å². The summed E-state index contributed by atoms with van der Waals surface area (Å²) >= 11 is 1.52. The number of hydrogen-bond acceptors (Lipinski definition) is 6. The summed E-state index contributed by atoms with van der Waals surface area (Å²) in [4.78, 5) is 24.8. The van der Waals surface area contributed by atoms with Crippen molar-refractivity contribution in [3.05, 3.63) is 111 Å². The molecule has 9 heteroatoms. The molecule has 0 unspecified atom stereocenters. The molecule has 0 spiro atoms. The largest absolute Gasteiger partial charge is 0.467 e. The Hall–Kier alpha value is -4.55. The van der Waals surface area contributed by atoms with Crippen LogP contribution in [0.2, 0.25) is 0 Å². The number of nitro groups is 1. The molecule has 0 fully saturated rings. The number of non-ortho nitro benzene ring substituents is 1. The Morgan fingerprint density at radius 1 is 1.14 bits per heavy atom. The van der Waals surface area contributed by atoms with Crippen LogP contribution >= 0.6 is 11.8 Å². The molecule has 1 N–H and O–H groups in total. The Morgan fingerprint density at radius 3 is 2.39 bits per heavy atom. The number of nitriles is 1. The van der Waals surface area contributed by atoms with Gasteiger partial charge < -0.3 is 14.3 Å². The molecule has 0 radical (unpaired) electrons. The van der Waals surface area contributed by atoms with Crippen molar-refractivity contribution in [2.24, 2.45) is 0 Å². The monoisotopic (exact) mass is 498 g/mol. The Kier molecular flexibility index (Phi) is 7.37. The third kappa shape index (κ3) is 5.56. The summed E-state index contributed by atoms with van der Waals surface area (Å²) in [6.07, 6.45) is 3.12. The number of furan rings is 1. The van der Waals surface area contributed by atoms with Gasteiger partial charge in [0, 0.05) is 39.0 Å². The zero-order valence-electron chi connectivity index (χ0n) is 19.6. The van der Waals surface area contributed by atoms with Gasteiger partial charge in [0.05, 0.1) is 17.7 Å². The predicted molar refractivity (Wildman–Crippen MR) is 137 cm³/mol. The Bertz CT molecular complexity index is 1460. The minimum atomic E-state index is -0.466. The Labute approximate surface area is 212 Å². The summed E-state index contributed by atoms with van der Waals surface area (Å²) in [6, 6.07) is 21.8. The van der Waals surface area contributed by atoms with Gasteiger partial charge in [-0.3, -0.25) is 14.9 Å². The van der Waals surface area contributed by atoms with Crippen molar-refractivity contribution in [2.45, 2.75) is 30.2 Å². The zero-order chi connectivity index (χ0) is 25.7. The molecule has 2 aromatic heterocycles. The number of nitrogens with one attached hydrogen (secondary N) is 1. The molecule has 36 heavy (non-hydrogen) atoms. The lowest BCUT2D eigenvalue weighted by Crippen LogP contribution is -2.23. The standard InChI is InChI=1S/C27H22N4O4S/c1-18-14-20(15-21(16-28)27(32)29-17-24-4-3-13-35-24)19(2)30(18)22-5-9-25(10-6-22)36-26-11-7-23(8-12-26)31(33)34/h3-15H,17H2,1-2H3,(H,29,32)/b21-15+. The highest BCUT2D eigenvalue weighted by Crippen LogP contribution is 2.30. The number of benzene rings is 2. The van der Waals surface area contributed by atoms with E-state index in [9.17, 15) is 20.2 Å². The van der Waals surface area contributed by atoms with Gasteiger partial charge in [-0.2, -0.15) is 5.26 Å². The molecule has 0 bridgehead atoms. The minimum absolute atomic E-state index is 0.0108. The highest BCUT2D eigenvalue weighted by molar-refractivity contribution is 7.99. The lowest BCUT2D eigenvalue weighted by molar-refractivity contribution is -0.384. The highest BCUT2D eigenvalue weighted by atomic mass is 32.2. The Morgan fingerprint density at radius 2 is 1.81 bits per heavy atom. The van der Waals surface area contributed by atoms with E-state index < -0.39 is 10.8 Å². The van der Waals surface area contributed by atoms with Crippen molar-refractivity contribution in [3.63, 3.8) is 0 Å². The van der Waals surface area contributed by atoms with Crippen LogP contribution in [0.4, 0.5) is 5.69 Å². The minimum Gasteiger partial charge on any atom is -0.467 e. The van der Waals surface area contributed by atoms with Crippen LogP contribution in [0.25, 0.3) is 11.8 Å². The number of nitro benzene ring substituents is 1. The number of carbonyl (C=O) groups excluding carboxylic acids is 1. The van der Waals surface area contributed by atoms with E-state index in [1.54, 1.807) is 30.3 Å². The molecule has 0 saturated heterocycles. The highest BCUT2D eigenvalue weighted by Gasteiger charge is 2.14. The number of nitrogens with zero attached hydrogens (tertiary/aromatic N) is 3. The first-order valence-electron chi connectivity index (χ1n) is 11.0. The van der Waals surface area contributed by atoms with E-state index in [1.165, 1.54) is 30.2 Å². The van der Waals surface area contributed by atoms with Crippen molar-refractivity contribution < 1.29 is 14.1 Å². The van der Waals surface area contributed by atoms with Crippen LogP contribution in [0.1, 0.15) is 22.7 Å². The third-order valence-corrected chi connectivity index (χ3v) is 6.53. The summed E-state index contributed by atoms with van der Waals surface area (Å²) in [5.74, 6) is 0.139. The molecule has 0 aliphatic heterocycles. The van der Waals surface area contributed by atoms with Gasteiger partial charge in [0.2, 0.25) is 0 Å². The molecule has 0 atom stereocenters. The first kappa shape index (κ1) is 24.6. The molecule has 0 aliphatic carbocycles. The summed E-state index contributed by atoms with van der Waals surface area (Å²) in [5.41, 5.74) is 3.65. The van der Waals surface area contributed by atoms with Gasteiger partial charge in [0.25, 0.3) is 11.6 Å². The lowest BCUT2D eigenvalue weighted by Gasteiger charge is -2.11. The second kappa shape index (κ2) is 10.8. The van der Waals surface area contributed by atoms with Gasteiger partial charge in [-0.05, 0) is 80.1 Å². The van der Waals surface area contributed by atoms with Gasteiger partial charge >= 0.3 is 0 Å². The summed E-state index contributed by atoms with van der Waals surface area (Å²) in [5, 5.41) is 23.1. The van der Waals surface area contributed by atoms with Crippen molar-refractivity contribution in [1.82, 2.24) is 9.88 Å². The average Bonchev–Trinajstić information content (AvgIpc) is 3.49. The van der Waals surface area contributed by atoms with Gasteiger partial charge in [-0.15, -0.1) is 0 Å². The summed E-state index contributed by atoms with van der Waals surface area (Å²) in [6.45, 7) is 4.11. The van der Waals surface area contributed by atoms with Crippen LogP contribution in [-0.2, 0) is 11.3 Å². The first-order valence-corrected chi connectivity index (χ1v) is 11.8. The van der Waals surface area contributed by atoms with Crippen molar-refractivity contribution in [3.8, 4) is 11.8 Å². The molecule has 4 aromatic rings. The fourth-order valence-corrected chi connectivity index (χ4v) is 4.56. The summed E-state index contributed by atoms with van der Waals surface area (Å²) < 4.78 is 7.27. The molecule has 0 saturated carbocycles. The molecule has 0 aliphatic rings. The van der Waals surface area contributed by atoms with Gasteiger partial charge in [-0.25, -0.2) is 0 Å². The van der Waals surface area contributed by atoms with Gasteiger partial charge in [0.15, 0.2) is 0 Å². The second-order valence-corrected chi connectivity index (χ2v) is 9.09.